The Morgan fingerprint density at radius 3 is 2.17 bits per heavy atom. The summed E-state index contributed by atoms with van der Waals surface area (Å²) < 4.78 is 35.4. The Labute approximate surface area is 206 Å². The lowest BCUT2D eigenvalue weighted by atomic mass is 10.0. The van der Waals surface area contributed by atoms with E-state index in [0.717, 1.165) is 11.7 Å². The highest BCUT2D eigenvalue weighted by molar-refractivity contribution is 7.93. The fraction of sp³-hybridized carbons (Fsp3) is 0.269. The maximum Gasteiger partial charge on any atom is 0.292 e. The molecule has 9 heteroatoms. The van der Waals surface area contributed by atoms with E-state index in [4.69, 9.17) is 9.47 Å². The Kier molecular flexibility index (Phi) is 8.24. The Balaban J connectivity index is 1.93. The van der Waals surface area contributed by atoms with Crippen LogP contribution < -0.4 is 9.47 Å². The lowest BCUT2D eigenvalue weighted by Crippen LogP contribution is -2.53. The molecule has 1 amide bonds. The summed E-state index contributed by atoms with van der Waals surface area (Å²) in [7, 11) is -3.44. The molecule has 0 aliphatic rings. The van der Waals surface area contributed by atoms with E-state index in [0.29, 0.717) is 11.5 Å². The summed E-state index contributed by atoms with van der Waals surface area (Å²) in [6.07, 6.45) is 3.99. The number of amides is 1. The molecule has 0 spiro atoms. The second-order valence-corrected chi connectivity index (χ2v) is 10.8. The molecule has 1 aromatic heterocycles. The second kappa shape index (κ2) is 11.1. The summed E-state index contributed by atoms with van der Waals surface area (Å²) in [4.78, 5) is 23.7. The van der Waals surface area contributed by atoms with Gasteiger partial charge < -0.3 is 14.4 Å². The normalized spacial score (nSPS) is 12.8. The third-order valence-corrected chi connectivity index (χ3v) is 5.42. The van der Waals surface area contributed by atoms with E-state index < -0.39 is 27.3 Å². The molecule has 0 aliphatic carbocycles. The van der Waals surface area contributed by atoms with E-state index in [1.165, 1.54) is 17.2 Å². The monoisotopic (exact) mass is 495 g/mol. The van der Waals surface area contributed by atoms with E-state index in [1.54, 1.807) is 30.3 Å². The maximum absolute atomic E-state index is 13.7. The van der Waals surface area contributed by atoms with Crippen LogP contribution in [0.5, 0.6) is 17.4 Å². The number of hydrogen-bond acceptors (Lipinski definition) is 7. The van der Waals surface area contributed by atoms with E-state index in [2.05, 4.69) is 9.97 Å². The molecule has 3 aromatic rings. The molecule has 2 aromatic carbocycles. The summed E-state index contributed by atoms with van der Waals surface area (Å²) in [6.45, 7) is 5.57. The van der Waals surface area contributed by atoms with Gasteiger partial charge in [-0.1, -0.05) is 36.4 Å². The third-order valence-electron chi connectivity index (χ3n) is 4.77. The first-order valence-electron chi connectivity index (χ1n) is 11.0. The van der Waals surface area contributed by atoms with Gasteiger partial charge in [-0.15, -0.1) is 0 Å². The van der Waals surface area contributed by atoms with Crippen LogP contribution in [0, 0.1) is 0 Å². The van der Waals surface area contributed by atoms with Crippen LogP contribution in [0.3, 0.4) is 0 Å². The van der Waals surface area contributed by atoms with Crippen molar-refractivity contribution in [1.29, 1.82) is 0 Å². The number of hydrogen-bond donors (Lipinski definition) is 0. The maximum atomic E-state index is 13.7. The SMILES string of the molecule is CC(C)(C)N(C(=O)c1nccc(Oc2ccccc2)n1)[C@H](/C=C/S(C)(=O)=O)COc1ccccc1. The molecule has 0 bridgehead atoms. The topological polar surface area (TPSA) is 98.7 Å². The van der Waals surface area contributed by atoms with Gasteiger partial charge in [-0.25, -0.2) is 13.4 Å². The second-order valence-electron chi connectivity index (χ2n) is 8.83. The lowest BCUT2D eigenvalue weighted by molar-refractivity contribution is 0.0414. The minimum atomic E-state index is -3.44. The first-order valence-corrected chi connectivity index (χ1v) is 12.9. The highest BCUT2D eigenvalue weighted by atomic mass is 32.2. The van der Waals surface area contributed by atoms with Crippen molar-refractivity contribution in [3.8, 4) is 17.4 Å². The van der Waals surface area contributed by atoms with Crippen molar-refractivity contribution in [2.75, 3.05) is 12.9 Å². The van der Waals surface area contributed by atoms with Gasteiger partial charge in [0.25, 0.3) is 5.91 Å². The number of ether oxygens (including phenoxy) is 2. The molecule has 1 atom stereocenters. The van der Waals surface area contributed by atoms with Crippen LogP contribution >= 0.6 is 0 Å². The minimum absolute atomic E-state index is 0.0270. The first kappa shape index (κ1) is 25.9. The fourth-order valence-corrected chi connectivity index (χ4v) is 3.79. The van der Waals surface area contributed by atoms with Crippen molar-refractivity contribution in [2.45, 2.75) is 32.4 Å². The van der Waals surface area contributed by atoms with Crippen molar-refractivity contribution in [2.24, 2.45) is 0 Å². The Morgan fingerprint density at radius 2 is 1.60 bits per heavy atom. The molecule has 0 saturated carbocycles. The van der Waals surface area contributed by atoms with Gasteiger partial charge in [0, 0.05) is 29.5 Å². The Bertz CT molecular complexity index is 1260. The predicted octanol–water partition coefficient (Wildman–Crippen LogP) is 4.52. The van der Waals surface area contributed by atoms with Crippen LogP contribution in [-0.4, -0.2) is 53.6 Å². The molecule has 0 fully saturated rings. The standard InChI is InChI=1S/C26H29N3O5S/c1-26(2,3)29(20(16-18-35(4,31)32)19-33-21-11-7-5-8-12-21)25(30)24-27-17-15-23(28-24)34-22-13-9-6-10-14-22/h5-18,20H,19H2,1-4H3/b18-16+/t20-/m1/s1. The van der Waals surface area contributed by atoms with Gasteiger partial charge >= 0.3 is 0 Å². The van der Waals surface area contributed by atoms with Gasteiger partial charge in [-0.05, 0) is 51.1 Å². The molecule has 3 rings (SSSR count). The van der Waals surface area contributed by atoms with Crippen molar-refractivity contribution >= 4 is 15.7 Å². The van der Waals surface area contributed by atoms with Crippen molar-refractivity contribution < 1.29 is 22.7 Å². The van der Waals surface area contributed by atoms with E-state index in [-0.39, 0.29) is 18.3 Å². The Hall–Kier alpha value is -3.72. The van der Waals surface area contributed by atoms with Gasteiger partial charge in [0.05, 0.1) is 6.04 Å². The number of rotatable bonds is 9. The molecule has 0 unspecified atom stereocenters. The summed E-state index contributed by atoms with van der Waals surface area (Å²) >= 11 is 0. The van der Waals surface area contributed by atoms with E-state index in [1.807, 2.05) is 57.2 Å². The average molecular weight is 496 g/mol. The molecule has 184 valence electrons. The number of nitrogens with zero attached hydrogens (tertiary/aromatic N) is 3. The molecule has 1 heterocycles. The van der Waals surface area contributed by atoms with Gasteiger partial charge in [-0.2, -0.15) is 4.98 Å². The van der Waals surface area contributed by atoms with Crippen LogP contribution in [-0.2, 0) is 9.84 Å². The van der Waals surface area contributed by atoms with Crippen LogP contribution in [0.15, 0.2) is 84.4 Å². The average Bonchev–Trinajstić information content (AvgIpc) is 2.80. The quantitative estimate of drug-likeness (QED) is 0.430. The number of carbonyl (C=O) groups is 1. The van der Waals surface area contributed by atoms with Gasteiger partial charge in [-0.3, -0.25) is 4.79 Å². The smallest absolute Gasteiger partial charge is 0.292 e. The first-order chi connectivity index (χ1) is 16.5. The molecule has 35 heavy (non-hydrogen) atoms. The van der Waals surface area contributed by atoms with Crippen LogP contribution in [0.2, 0.25) is 0 Å². The Morgan fingerprint density at radius 1 is 1.00 bits per heavy atom. The zero-order valence-corrected chi connectivity index (χ0v) is 21.0. The molecule has 0 aliphatic heterocycles. The van der Waals surface area contributed by atoms with Crippen LogP contribution in [0.1, 0.15) is 31.4 Å². The molecule has 0 N–H and O–H groups in total. The van der Waals surface area contributed by atoms with Crippen LogP contribution in [0.4, 0.5) is 0 Å². The largest absolute Gasteiger partial charge is 0.491 e. The highest BCUT2D eigenvalue weighted by Gasteiger charge is 2.35. The number of sulfone groups is 1. The summed E-state index contributed by atoms with van der Waals surface area (Å²) in [5.41, 5.74) is -0.719. The minimum Gasteiger partial charge on any atom is -0.491 e. The summed E-state index contributed by atoms with van der Waals surface area (Å²) in [5, 5.41) is 1.08. The number of para-hydroxylation sites is 2. The highest BCUT2D eigenvalue weighted by Crippen LogP contribution is 2.24. The van der Waals surface area contributed by atoms with Crippen molar-refractivity contribution in [3.63, 3.8) is 0 Å². The fourth-order valence-electron chi connectivity index (χ4n) is 3.32. The van der Waals surface area contributed by atoms with Crippen molar-refractivity contribution in [1.82, 2.24) is 14.9 Å². The van der Waals surface area contributed by atoms with Crippen LogP contribution in [0.25, 0.3) is 0 Å². The summed E-state index contributed by atoms with van der Waals surface area (Å²) in [6, 6.07) is 19.0. The molecule has 0 radical (unpaired) electrons. The van der Waals surface area contributed by atoms with Gasteiger partial charge in [0.2, 0.25) is 11.7 Å². The van der Waals surface area contributed by atoms with Gasteiger partial charge in [0.15, 0.2) is 9.84 Å². The zero-order valence-electron chi connectivity index (χ0n) is 20.2. The number of carbonyl (C=O) groups excluding carboxylic acids is 1. The molecule has 8 nitrogen and oxygen atoms in total. The molecule has 0 saturated heterocycles. The zero-order chi connectivity index (χ0) is 25.5. The third kappa shape index (κ3) is 7.92. The van der Waals surface area contributed by atoms with Gasteiger partial charge in [0.1, 0.15) is 18.1 Å². The predicted molar refractivity (Wildman–Crippen MR) is 134 cm³/mol. The lowest BCUT2D eigenvalue weighted by Gasteiger charge is -2.40. The number of benzene rings is 2. The number of aromatic nitrogens is 2. The van der Waals surface area contributed by atoms with E-state index >= 15 is 0 Å². The van der Waals surface area contributed by atoms with E-state index in [9.17, 15) is 13.2 Å². The molecular formula is C26H29N3O5S. The van der Waals surface area contributed by atoms with Crippen molar-refractivity contribution in [3.05, 3.63) is 90.2 Å². The summed E-state index contributed by atoms with van der Waals surface area (Å²) in [5.74, 6) is 0.817. The molecular weight excluding hydrogens is 466 g/mol.